The highest BCUT2D eigenvalue weighted by molar-refractivity contribution is 5.45. The van der Waals surface area contributed by atoms with E-state index in [0.717, 1.165) is 0 Å². The lowest BCUT2D eigenvalue weighted by atomic mass is 10.0. The van der Waals surface area contributed by atoms with Crippen LogP contribution in [0.5, 0.6) is 11.5 Å². The molecule has 0 saturated heterocycles. The number of nitrogens with one attached hydrogen (secondary N) is 1. The van der Waals surface area contributed by atoms with Crippen LogP contribution in [-0.4, -0.2) is 19.9 Å². The third kappa shape index (κ3) is 1.90. The van der Waals surface area contributed by atoms with Gasteiger partial charge in [0.1, 0.15) is 6.17 Å². The Labute approximate surface area is 88.2 Å². The molecule has 4 heteroatoms. The molecular weight excluding hydrogens is 197 g/mol. The van der Waals surface area contributed by atoms with Gasteiger partial charge in [-0.3, -0.25) is 0 Å². The minimum Gasteiger partial charge on any atom is -0.454 e. The summed E-state index contributed by atoms with van der Waals surface area (Å²) in [5, 5.41) is 2.88. The van der Waals surface area contributed by atoms with Crippen molar-refractivity contribution in [3.8, 4) is 11.5 Å². The predicted molar refractivity (Wildman–Crippen MR) is 54.9 cm³/mol. The average molecular weight is 211 g/mol. The van der Waals surface area contributed by atoms with Crippen LogP contribution in [-0.2, 0) is 0 Å². The van der Waals surface area contributed by atoms with Gasteiger partial charge in [0.2, 0.25) is 6.79 Å². The number of benzene rings is 1. The molecule has 2 unspecified atom stereocenters. The van der Waals surface area contributed by atoms with E-state index < -0.39 is 6.17 Å². The Kier molecular flexibility index (Phi) is 2.77. The highest BCUT2D eigenvalue weighted by atomic mass is 19.1. The molecule has 0 bridgehead atoms. The van der Waals surface area contributed by atoms with E-state index in [0.29, 0.717) is 17.1 Å². The van der Waals surface area contributed by atoms with Crippen molar-refractivity contribution in [2.45, 2.75) is 19.1 Å². The molecule has 1 aliphatic heterocycles. The molecule has 82 valence electrons. The topological polar surface area (TPSA) is 30.5 Å². The molecule has 1 aliphatic rings. The van der Waals surface area contributed by atoms with Gasteiger partial charge in [-0.05, 0) is 31.7 Å². The van der Waals surface area contributed by atoms with Crippen LogP contribution < -0.4 is 14.8 Å². The zero-order valence-corrected chi connectivity index (χ0v) is 8.79. The molecule has 1 aromatic rings. The lowest BCUT2D eigenvalue weighted by Gasteiger charge is -2.16. The number of alkyl halides is 1. The molecule has 0 spiro atoms. The second-order valence-electron chi connectivity index (χ2n) is 3.59. The van der Waals surface area contributed by atoms with Gasteiger partial charge in [-0.15, -0.1) is 0 Å². The number of rotatable bonds is 3. The predicted octanol–water partition coefficient (Wildman–Crippen LogP) is 2.03. The van der Waals surface area contributed by atoms with E-state index in [4.69, 9.17) is 9.47 Å². The molecule has 15 heavy (non-hydrogen) atoms. The van der Waals surface area contributed by atoms with Crippen LogP contribution in [0.15, 0.2) is 18.2 Å². The number of ether oxygens (including phenoxy) is 2. The highest BCUT2D eigenvalue weighted by Crippen LogP contribution is 2.35. The van der Waals surface area contributed by atoms with Crippen molar-refractivity contribution in [1.82, 2.24) is 5.32 Å². The van der Waals surface area contributed by atoms with Gasteiger partial charge in [0, 0.05) is 6.04 Å². The summed E-state index contributed by atoms with van der Waals surface area (Å²) in [6.45, 7) is 2.02. The Balaban J connectivity index is 2.22. The monoisotopic (exact) mass is 211 g/mol. The molecule has 0 amide bonds. The number of likely N-dealkylation sites (N-methyl/N-ethyl adjacent to an activating group) is 1. The largest absolute Gasteiger partial charge is 0.454 e. The molecule has 0 saturated carbocycles. The van der Waals surface area contributed by atoms with Crippen molar-refractivity contribution in [3.05, 3.63) is 23.8 Å². The number of hydrogen-bond donors (Lipinski definition) is 1. The summed E-state index contributed by atoms with van der Waals surface area (Å²) in [5.41, 5.74) is 0.612. The first-order valence-electron chi connectivity index (χ1n) is 4.93. The zero-order valence-electron chi connectivity index (χ0n) is 8.79. The van der Waals surface area contributed by atoms with E-state index in [2.05, 4.69) is 5.32 Å². The van der Waals surface area contributed by atoms with E-state index in [1.807, 2.05) is 0 Å². The molecule has 0 radical (unpaired) electrons. The molecular formula is C11H14FNO2. The third-order valence-corrected chi connectivity index (χ3v) is 2.61. The van der Waals surface area contributed by atoms with Gasteiger partial charge >= 0.3 is 0 Å². The molecule has 2 rings (SSSR count). The fourth-order valence-corrected chi connectivity index (χ4v) is 1.52. The maximum absolute atomic E-state index is 13.8. The van der Waals surface area contributed by atoms with Gasteiger partial charge in [-0.25, -0.2) is 4.39 Å². The first kappa shape index (κ1) is 10.2. The highest BCUT2D eigenvalue weighted by Gasteiger charge is 2.20. The molecule has 0 aliphatic carbocycles. The summed E-state index contributed by atoms with van der Waals surface area (Å²) in [6, 6.07) is 4.95. The minimum atomic E-state index is -1.04. The number of hydrogen-bond acceptors (Lipinski definition) is 3. The van der Waals surface area contributed by atoms with Crippen LogP contribution in [0.1, 0.15) is 18.7 Å². The van der Waals surface area contributed by atoms with Crippen molar-refractivity contribution >= 4 is 0 Å². The van der Waals surface area contributed by atoms with Crippen LogP contribution in [0.3, 0.4) is 0 Å². The van der Waals surface area contributed by atoms with Crippen LogP contribution in [0, 0.1) is 0 Å². The Morgan fingerprint density at radius 2 is 2.07 bits per heavy atom. The molecule has 0 fully saturated rings. The smallest absolute Gasteiger partial charge is 0.231 e. The second-order valence-corrected chi connectivity index (χ2v) is 3.59. The van der Waals surface area contributed by atoms with E-state index in [-0.39, 0.29) is 12.8 Å². The first-order valence-corrected chi connectivity index (χ1v) is 4.93. The third-order valence-electron chi connectivity index (χ3n) is 2.61. The van der Waals surface area contributed by atoms with Gasteiger partial charge in [-0.1, -0.05) is 6.07 Å². The molecule has 1 N–H and O–H groups in total. The van der Waals surface area contributed by atoms with Crippen LogP contribution in [0.2, 0.25) is 0 Å². The molecule has 3 nitrogen and oxygen atoms in total. The van der Waals surface area contributed by atoms with Gasteiger partial charge in [-0.2, -0.15) is 0 Å². The Hall–Kier alpha value is -1.29. The number of fused-ring (bicyclic) bond motifs is 1. The molecule has 1 heterocycles. The average Bonchev–Trinajstić information content (AvgIpc) is 2.73. The molecule has 1 aromatic carbocycles. The Bertz CT molecular complexity index is 356. The van der Waals surface area contributed by atoms with Crippen molar-refractivity contribution < 1.29 is 13.9 Å². The fourth-order valence-electron chi connectivity index (χ4n) is 1.52. The summed E-state index contributed by atoms with van der Waals surface area (Å²) >= 11 is 0. The summed E-state index contributed by atoms with van der Waals surface area (Å²) in [4.78, 5) is 0. The van der Waals surface area contributed by atoms with Crippen LogP contribution in [0.4, 0.5) is 4.39 Å². The van der Waals surface area contributed by atoms with E-state index in [1.165, 1.54) is 0 Å². The maximum atomic E-state index is 13.8. The van der Waals surface area contributed by atoms with E-state index in [1.54, 1.807) is 32.2 Å². The van der Waals surface area contributed by atoms with Crippen LogP contribution in [0.25, 0.3) is 0 Å². The summed E-state index contributed by atoms with van der Waals surface area (Å²) in [5.74, 6) is 1.31. The lowest BCUT2D eigenvalue weighted by Crippen LogP contribution is -2.26. The normalized spacial score (nSPS) is 17.5. The SMILES string of the molecule is CNC(C)C(F)c1ccc2c(c1)OCO2. The van der Waals surface area contributed by atoms with E-state index >= 15 is 0 Å². The summed E-state index contributed by atoms with van der Waals surface area (Å²) in [6.07, 6.45) is -1.04. The fraction of sp³-hybridized carbons (Fsp3) is 0.455. The van der Waals surface area contributed by atoms with Crippen molar-refractivity contribution in [2.24, 2.45) is 0 Å². The molecule has 2 atom stereocenters. The van der Waals surface area contributed by atoms with Crippen LogP contribution >= 0.6 is 0 Å². The van der Waals surface area contributed by atoms with Gasteiger partial charge in [0.25, 0.3) is 0 Å². The lowest BCUT2D eigenvalue weighted by molar-refractivity contribution is 0.173. The Morgan fingerprint density at radius 1 is 1.33 bits per heavy atom. The zero-order chi connectivity index (χ0) is 10.8. The summed E-state index contributed by atoms with van der Waals surface area (Å²) < 4.78 is 24.2. The summed E-state index contributed by atoms with van der Waals surface area (Å²) in [7, 11) is 1.74. The Morgan fingerprint density at radius 3 is 2.80 bits per heavy atom. The van der Waals surface area contributed by atoms with Gasteiger partial charge < -0.3 is 14.8 Å². The minimum absolute atomic E-state index is 0.217. The van der Waals surface area contributed by atoms with Gasteiger partial charge in [0.05, 0.1) is 0 Å². The second kappa shape index (κ2) is 4.06. The van der Waals surface area contributed by atoms with Crippen molar-refractivity contribution in [3.63, 3.8) is 0 Å². The quantitative estimate of drug-likeness (QED) is 0.829. The maximum Gasteiger partial charge on any atom is 0.231 e. The van der Waals surface area contributed by atoms with Gasteiger partial charge in [0.15, 0.2) is 11.5 Å². The number of halogens is 1. The van der Waals surface area contributed by atoms with Crippen molar-refractivity contribution in [1.29, 1.82) is 0 Å². The van der Waals surface area contributed by atoms with E-state index in [9.17, 15) is 4.39 Å². The standard InChI is InChI=1S/C11H14FNO2/c1-7(13-2)11(12)8-3-4-9-10(5-8)15-6-14-9/h3-5,7,11,13H,6H2,1-2H3. The van der Waals surface area contributed by atoms with Crippen molar-refractivity contribution in [2.75, 3.05) is 13.8 Å². The first-order chi connectivity index (χ1) is 7.22. The molecule has 0 aromatic heterocycles.